The molecule has 0 amide bonds. The second kappa shape index (κ2) is 5.20. The molecule has 1 N–H and O–H groups in total. The van der Waals surface area contributed by atoms with Crippen LogP contribution in [0.15, 0.2) is 24.3 Å². The summed E-state index contributed by atoms with van der Waals surface area (Å²) in [6, 6.07) is 9.00. The molecule has 2 rings (SSSR count). The molecule has 1 aliphatic rings. The predicted molar refractivity (Wildman–Crippen MR) is 69.8 cm³/mol. The van der Waals surface area contributed by atoms with E-state index in [9.17, 15) is 0 Å². The van der Waals surface area contributed by atoms with E-state index < -0.39 is 0 Å². The van der Waals surface area contributed by atoms with Crippen LogP contribution >= 0.6 is 11.6 Å². The van der Waals surface area contributed by atoms with Crippen molar-refractivity contribution in [1.29, 1.82) is 0 Å². The van der Waals surface area contributed by atoms with Gasteiger partial charge in [-0.3, -0.25) is 0 Å². The molecule has 0 radical (unpaired) electrons. The highest BCUT2D eigenvalue weighted by molar-refractivity contribution is 6.31. The molecule has 0 aromatic heterocycles. The third kappa shape index (κ3) is 3.23. The zero-order valence-electron chi connectivity index (χ0n) is 10.0. The largest absolute Gasteiger partial charge is 0.308 e. The molecule has 2 heteroatoms. The average molecular weight is 238 g/mol. The van der Waals surface area contributed by atoms with Gasteiger partial charge in [0.25, 0.3) is 0 Å². The highest BCUT2D eigenvalue weighted by atomic mass is 35.5. The van der Waals surface area contributed by atoms with Crippen LogP contribution in [0.25, 0.3) is 0 Å². The van der Waals surface area contributed by atoms with Gasteiger partial charge in [-0.1, -0.05) is 42.6 Å². The summed E-state index contributed by atoms with van der Waals surface area (Å²) in [5, 5.41) is 4.49. The second-order valence-corrected chi connectivity index (χ2v) is 5.40. The van der Waals surface area contributed by atoms with E-state index in [-0.39, 0.29) is 0 Å². The Hall–Kier alpha value is -0.530. The fraction of sp³-hybridized carbons (Fsp3) is 0.571. The number of halogens is 1. The van der Waals surface area contributed by atoms with Gasteiger partial charge in [-0.15, -0.1) is 0 Å². The normalized spacial score (nSPS) is 19.4. The van der Waals surface area contributed by atoms with Crippen molar-refractivity contribution < 1.29 is 0 Å². The molecule has 1 nitrogen and oxygen atoms in total. The van der Waals surface area contributed by atoms with E-state index in [2.05, 4.69) is 25.2 Å². The molecule has 88 valence electrons. The van der Waals surface area contributed by atoms with Crippen molar-refractivity contribution >= 4 is 11.6 Å². The SMILES string of the molecule is CC(CC1CC1)NC(C)c1ccccc1Cl. The minimum atomic E-state index is 0.336. The average Bonchev–Trinajstić information content (AvgIpc) is 3.01. The summed E-state index contributed by atoms with van der Waals surface area (Å²) < 4.78 is 0. The molecular formula is C14H20ClN. The van der Waals surface area contributed by atoms with E-state index in [0.717, 1.165) is 10.9 Å². The Morgan fingerprint density at radius 1 is 1.31 bits per heavy atom. The Bertz CT molecular complexity index is 346. The topological polar surface area (TPSA) is 12.0 Å². The Morgan fingerprint density at radius 2 is 2.00 bits per heavy atom. The first-order chi connectivity index (χ1) is 7.66. The minimum absolute atomic E-state index is 0.336. The van der Waals surface area contributed by atoms with Gasteiger partial charge in [0.15, 0.2) is 0 Å². The molecule has 2 atom stereocenters. The van der Waals surface area contributed by atoms with Gasteiger partial charge in [0.1, 0.15) is 0 Å². The lowest BCUT2D eigenvalue weighted by Gasteiger charge is -2.21. The highest BCUT2D eigenvalue weighted by Crippen LogP contribution is 2.34. The summed E-state index contributed by atoms with van der Waals surface area (Å²) >= 11 is 6.18. The summed E-state index contributed by atoms with van der Waals surface area (Å²) in [7, 11) is 0. The van der Waals surface area contributed by atoms with Gasteiger partial charge in [0.2, 0.25) is 0 Å². The van der Waals surface area contributed by atoms with Crippen LogP contribution in [0.3, 0.4) is 0 Å². The molecule has 0 saturated heterocycles. The summed E-state index contributed by atoms with van der Waals surface area (Å²) in [5.41, 5.74) is 1.20. The van der Waals surface area contributed by atoms with Gasteiger partial charge in [-0.2, -0.15) is 0 Å². The third-order valence-corrected chi connectivity index (χ3v) is 3.63. The van der Waals surface area contributed by atoms with Crippen molar-refractivity contribution in [2.45, 2.75) is 45.2 Å². The molecule has 16 heavy (non-hydrogen) atoms. The smallest absolute Gasteiger partial charge is 0.0453 e. The zero-order valence-corrected chi connectivity index (χ0v) is 10.8. The first-order valence-corrected chi connectivity index (χ1v) is 6.55. The number of nitrogens with one attached hydrogen (secondary N) is 1. The standard InChI is InChI=1S/C14H20ClN/c1-10(9-12-7-8-12)16-11(2)13-5-3-4-6-14(13)15/h3-6,10-12,16H,7-9H2,1-2H3. The van der Waals surface area contributed by atoms with E-state index >= 15 is 0 Å². The summed E-state index contributed by atoms with van der Waals surface area (Å²) in [4.78, 5) is 0. The van der Waals surface area contributed by atoms with Crippen LogP contribution < -0.4 is 5.32 Å². The van der Waals surface area contributed by atoms with Crippen molar-refractivity contribution in [3.63, 3.8) is 0 Å². The molecule has 2 unspecified atom stereocenters. The second-order valence-electron chi connectivity index (χ2n) is 4.99. The van der Waals surface area contributed by atoms with Crippen molar-refractivity contribution in [1.82, 2.24) is 5.32 Å². The monoisotopic (exact) mass is 237 g/mol. The fourth-order valence-electron chi connectivity index (χ4n) is 2.26. The van der Waals surface area contributed by atoms with Gasteiger partial charge in [0, 0.05) is 17.1 Å². The summed E-state index contributed by atoms with van der Waals surface area (Å²) in [6.07, 6.45) is 4.15. The van der Waals surface area contributed by atoms with Gasteiger partial charge in [-0.05, 0) is 37.8 Å². The maximum atomic E-state index is 6.18. The third-order valence-electron chi connectivity index (χ3n) is 3.29. The highest BCUT2D eigenvalue weighted by Gasteiger charge is 2.24. The molecule has 0 bridgehead atoms. The number of rotatable bonds is 5. The van der Waals surface area contributed by atoms with Crippen molar-refractivity contribution in [3.05, 3.63) is 34.9 Å². The van der Waals surface area contributed by atoms with Crippen molar-refractivity contribution in [2.24, 2.45) is 5.92 Å². The molecule has 0 aliphatic heterocycles. The van der Waals surface area contributed by atoms with E-state index in [1.54, 1.807) is 0 Å². The molecular weight excluding hydrogens is 218 g/mol. The van der Waals surface area contributed by atoms with Crippen molar-refractivity contribution in [2.75, 3.05) is 0 Å². The van der Waals surface area contributed by atoms with Crippen LogP contribution in [0.1, 0.15) is 44.7 Å². The molecule has 1 aliphatic carbocycles. The Kier molecular flexibility index (Phi) is 3.88. The first-order valence-electron chi connectivity index (χ1n) is 6.17. The number of hydrogen-bond acceptors (Lipinski definition) is 1. The van der Waals surface area contributed by atoms with E-state index in [1.165, 1.54) is 24.8 Å². The van der Waals surface area contributed by atoms with E-state index in [4.69, 9.17) is 11.6 Å². The molecule has 1 aromatic carbocycles. The number of benzene rings is 1. The quantitative estimate of drug-likeness (QED) is 0.810. The maximum Gasteiger partial charge on any atom is 0.0453 e. The first kappa shape index (κ1) is 11.9. The summed E-state index contributed by atoms with van der Waals surface area (Å²) in [5.74, 6) is 0.973. The molecule has 1 saturated carbocycles. The van der Waals surface area contributed by atoms with Gasteiger partial charge >= 0.3 is 0 Å². The van der Waals surface area contributed by atoms with Gasteiger partial charge in [-0.25, -0.2) is 0 Å². The molecule has 1 fully saturated rings. The van der Waals surface area contributed by atoms with Crippen LogP contribution in [-0.2, 0) is 0 Å². The van der Waals surface area contributed by atoms with Gasteiger partial charge in [0.05, 0.1) is 0 Å². The Balaban J connectivity index is 1.91. The van der Waals surface area contributed by atoms with Crippen LogP contribution in [0, 0.1) is 5.92 Å². The van der Waals surface area contributed by atoms with Crippen LogP contribution in [-0.4, -0.2) is 6.04 Å². The summed E-state index contributed by atoms with van der Waals surface area (Å²) in [6.45, 7) is 4.45. The lowest BCUT2D eigenvalue weighted by atomic mass is 10.1. The van der Waals surface area contributed by atoms with Crippen LogP contribution in [0.2, 0.25) is 5.02 Å². The van der Waals surface area contributed by atoms with Crippen LogP contribution in [0.4, 0.5) is 0 Å². The zero-order chi connectivity index (χ0) is 11.5. The van der Waals surface area contributed by atoms with Crippen molar-refractivity contribution in [3.8, 4) is 0 Å². The lowest BCUT2D eigenvalue weighted by molar-refractivity contribution is 0.438. The predicted octanol–water partition coefficient (Wildman–Crippen LogP) is 4.18. The fourth-order valence-corrected chi connectivity index (χ4v) is 2.56. The lowest BCUT2D eigenvalue weighted by Crippen LogP contribution is -2.29. The van der Waals surface area contributed by atoms with Crippen LogP contribution in [0.5, 0.6) is 0 Å². The van der Waals surface area contributed by atoms with E-state index in [0.29, 0.717) is 12.1 Å². The van der Waals surface area contributed by atoms with E-state index in [1.807, 2.05) is 18.2 Å². The minimum Gasteiger partial charge on any atom is -0.308 e. The maximum absolute atomic E-state index is 6.18. The molecule has 1 aromatic rings. The van der Waals surface area contributed by atoms with Gasteiger partial charge < -0.3 is 5.32 Å². The Morgan fingerprint density at radius 3 is 2.62 bits per heavy atom. The molecule has 0 heterocycles. The number of hydrogen-bond donors (Lipinski definition) is 1. The Labute approximate surface area is 103 Å². The molecule has 0 spiro atoms.